The second kappa shape index (κ2) is 7.56. The highest BCUT2D eigenvalue weighted by Gasteiger charge is 2.44. The molecule has 29 heavy (non-hydrogen) atoms. The Morgan fingerprint density at radius 2 is 1.83 bits per heavy atom. The number of aromatic nitrogens is 4. The van der Waals surface area contributed by atoms with Gasteiger partial charge in [0.15, 0.2) is 17.7 Å². The van der Waals surface area contributed by atoms with Crippen LogP contribution >= 0.6 is 11.8 Å². The number of imidazole rings is 1. The number of aliphatic hydroxyl groups is 2. The molecule has 2 aromatic heterocycles. The van der Waals surface area contributed by atoms with Gasteiger partial charge in [-0.2, -0.15) is 0 Å². The van der Waals surface area contributed by atoms with Crippen LogP contribution in [0.5, 0.6) is 0 Å². The fourth-order valence-corrected chi connectivity index (χ4v) is 4.34. The minimum Gasteiger partial charge on any atom is -0.387 e. The Bertz CT molecular complexity index is 1000. The van der Waals surface area contributed by atoms with E-state index < -0.39 is 24.5 Å². The third-order valence-corrected chi connectivity index (χ3v) is 6.23. The molecule has 0 spiro atoms. The molecule has 3 heterocycles. The van der Waals surface area contributed by atoms with Crippen molar-refractivity contribution in [2.75, 3.05) is 11.5 Å². The maximum Gasteiger partial charge on any atom is 0.167 e. The van der Waals surface area contributed by atoms with Gasteiger partial charge in [-0.25, -0.2) is 15.0 Å². The minimum atomic E-state index is -1.10. The van der Waals surface area contributed by atoms with Gasteiger partial charge in [0, 0.05) is 10.6 Å². The molecule has 8 nitrogen and oxygen atoms in total. The van der Waals surface area contributed by atoms with Crippen LogP contribution in [0, 0.1) is 0 Å². The number of hydrogen-bond acceptors (Lipinski definition) is 8. The number of fused-ring (bicyclic) bond motifs is 1. The number of aliphatic hydroxyl groups excluding tert-OH is 2. The van der Waals surface area contributed by atoms with E-state index in [4.69, 9.17) is 10.5 Å². The molecule has 0 aliphatic carbocycles. The molecule has 9 heteroatoms. The van der Waals surface area contributed by atoms with Gasteiger partial charge >= 0.3 is 0 Å². The van der Waals surface area contributed by atoms with Crippen LogP contribution in [0.3, 0.4) is 0 Å². The first-order valence-electron chi connectivity index (χ1n) is 9.43. The van der Waals surface area contributed by atoms with E-state index in [2.05, 4.69) is 60.0 Å². The van der Waals surface area contributed by atoms with Crippen LogP contribution in [-0.4, -0.2) is 53.8 Å². The Morgan fingerprint density at radius 1 is 1.10 bits per heavy atom. The van der Waals surface area contributed by atoms with Gasteiger partial charge in [0.2, 0.25) is 0 Å². The second-order valence-corrected chi connectivity index (χ2v) is 9.31. The van der Waals surface area contributed by atoms with Crippen molar-refractivity contribution in [3.63, 3.8) is 0 Å². The number of benzene rings is 1. The zero-order valence-electron chi connectivity index (χ0n) is 16.6. The van der Waals surface area contributed by atoms with Gasteiger partial charge in [-0.05, 0) is 23.1 Å². The van der Waals surface area contributed by atoms with Crippen LogP contribution < -0.4 is 5.73 Å². The molecule has 4 rings (SSSR count). The third-order valence-electron chi connectivity index (χ3n) is 5.13. The number of hydrogen-bond donors (Lipinski definition) is 3. The average Bonchev–Trinajstić information content (AvgIpc) is 3.23. The summed E-state index contributed by atoms with van der Waals surface area (Å²) in [6, 6.07) is 8.38. The first-order chi connectivity index (χ1) is 13.8. The van der Waals surface area contributed by atoms with Crippen LogP contribution in [0.2, 0.25) is 0 Å². The summed E-state index contributed by atoms with van der Waals surface area (Å²) in [5, 5.41) is 21.0. The van der Waals surface area contributed by atoms with Crippen molar-refractivity contribution < 1.29 is 14.9 Å². The zero-order valence-corrected chi connectivity index (χ0v) is 17.4. The number of thioether (sulfide) groups is 1. The Hall–Kier alpha value is -2.20. The summed E-state index contributed by atoms with van der Waals surface area (Å²) in [6.45, 7) is 6.53. The summed E-state index contributed by atoms with van der Waals surface area (Å²) >= 11 is 1.58. The highest BCUT2D eigenvalue weighted by atomic mass is 32.2. The molecule has 3 aromatic rings. The van der Waals surface area contributed by atoms with Gasteiger partial charge in [-0.15, -0.1) is 11.8 Å². The van der Waals surface area contributed by atoms with Crippen LogP contribution in [0.25, 0.3) is 11.2 Å². The molecule has 0 amide bonds. The molecular formula is C20H25N5O3S. The largest absolute Gasteiger partial charge is 0.387 e. The van der Waals surface area contributed by atoms with E-state index >= 15 is 0 Å². The molecule has 4 atom stereocenters. The van der Waals surface area contributed by atoms with Crippen LogP contribution in [0.4, 0.5) is 5.82 Å². The first kappa shape index (κ1) is 20.1. The van der Waals surface area contributed by atoms with Crippen molar-refractivity contribution >= 4 is 28.7 Å². The summed E-state index contributed by atoms with van der Waals surface area (Å²) < 4.78 is 7.57. The predicted octanol–water partition coefficient (Wildman–Crippen LogP) is 2.12. The fraction of sp³-hybridized carbons (Fsp3) is 0.450. The number of nitrogens with two attached hydrogens (primary N) is 1. The van der Waals surface area contributed by atoms with E-state index in [9.17, 15) is 10.2 Å². The number of nitrogens with zero attached hydrogens (tertiary/aromatic N) is 4. The van der Waals surface area contributed by atoms with Crippen LogP contribution in [0.15, 0.2) is 41.8 Å². The second-order valence-electron chi connectivity index (χ2n) is 8.21. The molecule has 0 saturated carbocycles. The number of nitrogen functional groups attached to an aromatic ring is 1. The molecule has 1 aliphatic rings. The lowest BCUT2D eigenvalue weighted by Crippen LogP contribution is -2.32. The third kappa shape index (κ3) is 3.83. The first-order valence-corrected chi connectivity index (χ1v) is 10.4. The zero-order chi connectivity index (χ0) is 20.8. The smallest absolute Gasteiger partial charge is 0.167 e. The van der Waals surface area contributed by atoms with Crippen LogP contribution in [-0.2, 0) is 10.2 Å². The lowest BCUT2D eigenvalue weighted by molar-refractivity contribution is -0.0289. The standard InChI is InChI=1S/C20H25N5O3S/c1-20(2,3)11-4-6-12(7-5-11)29-8-13-15(26)16(27)19(28-13)25-10-24-14-17(21)22-9-23-18(14)25/h4-7,9-10,13,15-16,19,26-27H,8H2,1-3H3,(H2,21,22,23)/t13-,15-,16-,19-/m1/s1. The van der Waals surface area contributed by atoms with E-state index in [0.29, 0.717) is 16.9 Å². The van der Waals surface area contributed by atoms with E-state index in [1.165, 1.54) is 18.2 Å². The fourth-order valence-electron chi connectivity index (χ4n) is 3.38. The van der Waals surface area contributed by atoms with Gasteiger partial charge in [0.05, 0.1) is 12.4 Å². The quantitative estimate of drug-likeness (QED) is 0.555. The van der Waals surface area contributed by atoms with E-state index in [1.54, 1.807) is 16.3 Å². The van der Waals surface area contributed by atoms with Crippen LogP contribution in [0.1, 0.15) is 32.6 Å². The highest BCUT2D eigenvalue weighted by molar-refractivity contribution is 7.99. The molecular weight excluding hydrogens is 390 g/mol. The summed E-state index contributed by atoms with van der Waals surface area (Å²) in [7, 11) is 0. The van der Waals surface area contributed by atoms with Gasteiger partial charge in [-0.3, -0.25) is 4.57 Å². The lowest BCUT2D eigenvalue weighted by atomic mass is 9.87. The monoisotopic (exact) mass is 415 g/mol. The van der Waals surface area contributed by atoms with Crippen molar-refractivity contribution in [2.45, 2.75) is 55.6 Å². The molecule has 1 aliphatic heterocycles. The van der Waals surface area contributed by atoms with Gasteiger partial charge in [-0.1, -0.05) is 32.9 Å². The molecule has 1 fully saturated rings. The molecule has 0 radical (unpaired) electrons. The summed E-state index contributed by atoms with van der Waals surface area (Å²) in [6.07, 6.45) is -0.605. The van der Waals surface area contributed by atoms with Crippen molar-refractivity contribution in [3.8, 4) is 0 Å². The topological polar surface area (TPSA) is 119 Å². The molecule has 154 valence electrons. The lowest BCUT2D eigenvalue weighted by Gasteiger charge is -2.19. The average molecular weight is 416 g/mol. The molecule has 1 aromatic carbocycles. The summed E-state index contributed by atoms with van der Waals surface area (Å²) in [5.74, 6) is 0.764. The van der Waals surface area contributed by atoms with Crippen molar-refractivity contribution in [2.24, 2.45) is 0 Å². The molecule has 4 N–H and O–H groups in total. The SMILES string of the molecule is CC(C)(C)c1ccc(SC[C@H]2O[C@@H](n3cnc4c(N)ncnc43)[C@H](O)[C@@H]2O)cc1. The molecule has 0 bridgehead atoms. The van der Waals surface area contributed by atoms with Gasteiger partial charge in [0.25, 0.3) is 0 Å². The van der Waals surface area contributed by atoms with E-state index in [1.807, 2.05) is 0 Å². The van der Waals surface area contributed by atoms with Crippen molar-refractivity contribution in [1.29, 1.82) is 0 Å². The predicted molar refractivity (Wildman–Crippen MR) is 112 cm³/mol. The maximum absolute atomic E-state index is 10.5. The molecule has 1 saturated heterocycles. The number of ether oxygens (including phenoxy) is 1. The molecule has 0 unspecified atom stereocenters. The Kier molecular flexibility index (Phi) is 5.24. The van der Waals surface area contributed by atoms with E-state index in [0.717, 1.165) is 4.90 Å². The highest BCUT2D eigenvalue weighted by Crippen LogP contribution is 2.35. The Balaban J connectivity index is 1.47. The van der Waals surface area contributed by atoms with E-state index in [-0.39, 0.29) is 11.2 Å². The Labute approximate surface area is 173 Å². The normalized spacial score (nSPS) is 25.0. The summed E-state index contributed by atoms with van der Waals surface area (Å²) in [5.41, 5.74) is 8.09. The minimum absolute atomic E-state index is 0.103. The number of rotatable bonds is 4. The van der Waals surface area contributed by atoms with Gasteiger partial charge in [0.1, 0.15) is 24.1 Å². The summed E-state index contributed by atoms with van der Waals surface area (Å²) in [4.78, 5) is 13.4. The number of anilines is 1. The van der Waals surface area contributed by atoms with Crippen molar-refractivity contribution in [3.05, 3.63) is 42.5 Å². The van der Waals surface area contributed by atoms with Crippen molar-refractivity contribution in [1.82, 2.24) is 19.5 Å². The Morgan fingerprint density at radius 3 is 2.52 bits per heavy atom. The maximum atomic E-state index is 10.5. The van der Waals surface area contributed by atoms with Gasteiger partial charge < -0.3 is 20.7 Å².